The first kappa shape index (κ1) is 12.8. The summed E-state index contributed by atoms with van der Waals surface area (Å²) >= 11 is 0. The maximum absolute atomic E-state index is 12.8. The number of nitrogens with zero attached hydrogens (tertiary/aromatic N) is 1. The van der Waals surface area contributed by atoms with Gasteiger partial charge in [-0.15, -0.1) is 0 Å². The van der Waals surface area contributed by atoms with Gasteiger partial charge in [0.15, 0.2) is 0 Å². The Bertz CT molecular complexity index is 449. The van der Waals surface area contributed by atoms with Crippen molar-refractivity contribution in [1.82, 2.24) is 10.2 Å². The normalized spacial score (nSPS) is 35.0. The van der Waals surface area contributed by atoms with E-state index in [0.717, 1.165) is 45.1 Å². The molecule has 2 aliphatic heterocycles. The van der Waals surface area contributed by atoms with Crippen LogP contribution in [0.3, 0.4) is 0 Å². The van der Waals surface area contributed by atoms with Crippen LogP contribution in [0.25, 0.3) is 0 Å². The van der Waals surface area contributed by atoms with Crippen LogP contribution in [0.2, 0.25) is 0 Å². The smallest absolute Gasteiger partial charge is 0.236 e. The van der Waals surface area contributed by atoms with E-state index in [2.05, 4.69) is 5.32 Å². The molecule has 0 bridgehead atoms. The number of piperidine rings is 1. The van der Waals surface area contributed by atoms with E-state index in [4.69, 9.17) is 0 Å². The average Bonchev–Trinajstić information content (AvgIpc) is 2.95. The van der Waals surface area contributed by atoms with Gasteiger partial charge in [-0.2, -0.15) is 0 Å². The van der Waals surface area contributed by atoms with Crippen molar-refractivity contribution in [1.29, 1.82) is 0 Å². The molecule has 0 aromatic heterocycles. The van der Waals surface area contributed by atoms with Crippen molar-refractivity contribution in [3.05, 3.63) is 0 Å². The van der Waals surface area contributed by atoms with Gasteiger partial charge in [-0.05, 0) is 51.5 Å². The van der Waals surface area contributed by atoms with Crippen LogP contribution in [0, 0.1) is 5.41 Å². The molecule has 0 aromatic carbocycles. The van der Waals surface area contributed by atoms with Crippen molar-refractivity contribution < 1.29 is 9.59 Å². The van der Waals surface area contributed by atoms with Gasteiger partial charge in [0.05, 0.1) is 5.41 Å². The molecule has 4 heteroatoms. The molecule has 4 rings (SSSR count). The number of hydrogen-bond acceptors (Lipinski definition) is 3. The van der Waals surface area contributed by atoms with Crippen molar-refractivity contribution in [2.24, 2.45) is 5.41 Å². The summed E-state index contributed by atoms with van der Waals surface area (Å²) in [5.41, 5.74) is -0.0519. The Morgan fingerprint density at radius 1 is 1.05 bits per heavy atom. The minimum absolute atomic E-state index is 0.110. The molecule has 20 heavy (non-hydrogen) atoms. The highest BCUT2D eigenvalue weighted by atomic mass is 16.2. The van der Waals surface area contributed by atoms with E-state index in [1.165, 1.54) is 19.3 Å². The predicted molar refractivity (Wildman–Crippen MR) is 75.0 cm³/mol. The molecule has 2 saturated heterocycles. The van der Waals surface area contributed by atoms with Gasteiger partial charge in [-0.25, -0.2) is 0 Å². The first-order valence-electron chi connectivity index (χ1n) is 8.26. The Morgan fingerprint density at radius 2 is 1.80 bits per heavy atom. The lowest BCUT2D eigenvalue weighted by Crippen LogP contribution is -2.60. The minimum Gasteiger partial charge on any atom is -0.311 e. The van der Waals surface area contributed by atoms with Crippen LogP contribution >= 0.6 is 0 Å². The Kier molecular flexibility index (Phi) is 2.75. The number of carbonyl (C=O) groups is 2. The largest absolute Gasteiger partial charge is 0.311 e. The summed E-state index contributed by atoms with van der Waals surface area (Å²) in [7, 11) is 0. The summed E-state index contributed by atoms with van der Waals surface area (Å²) in [4.78, 5) is 27.0. The zero-order valence-corrected chi connectivity index (χ0v) is 12.1. The molecule has 4 fully saturated rings. The van der Waals surface area contributed by atoms with E-state index in [9.17, 15) is 9.59 Å². The lowest BCUT2D eigenvalue weighted by Gasteiger charge is -2.49. The van der Waals surface area contributed by atoms with E-state index in [1.807, 2.05) is 0 Å². The minimum atomic E-state index is -0.297. The molecule has 1 unspecified atom stereocenters. The first-order chi connectivity index (χ1) is 9.64. The fraction of sp³-hybridized carbons (Fsp3) is 0.875. The molecular formula is C16H24N2O2. The number of amides is 2. The molecule has 110 valence electrons. The highest BCUT2D eigenvalue weighted by Crippen LogP contribution is 2.49. The molecule has 0 aromatic rings. The maximum Gasteiger partial charge on any atom is 0.236 e. The average molecular weight is 276 g/mol. The summed E-state index contributed by atoms with van der Waals surface area (Å²) in [5, 5.41) is 3.63. The number of imide groups is 1. The third-order valence-electron chi connectivity index (χ3n) is 6.27. The van der Waals surface area contributed by atoms with E-state index in [1.54, 1.807) is 4.90 Å². The second-order valence-electron chi connectivity index (χ2n) is 7.44. The van der Waals surface area contributed by atoms with E-state index in [0.29, 0.717) is 6.42 Å². The number of carbonyl (C=O) groups excluding carboxylic acids is 2. The highest BCUT2D eigenvalue weighted by molar-refractivity contribution is 6.06. The van der Waals surface area contributed by atoms with Gasteiger partial charge in [0.2, 0.25) is 11.8 Å². The molecule has 2 aliphatic carbocycles. The Hall–Kier alpha value is -0.900. The number of hydrogen-bond donors (Lipinski definition) is 1. The van der Waals surface area contributed by atoms with E-state index in [-0.39, 0.29) is 28.8 Å². The van der Waals surface area contributed by atoms with Gasteiger partial charge < -0.3 is 5.32 Å². The predicted octanol–water partition coefficient (Wildman–Crippen LogP) is 1.98. The summed E-state index contributed by atoms with van der Waals surface area (Å²) < 4.78 is 0. The fourth-order valence-corrected chi connectivity index (χ4v) is 4.96. The van der Waals surface area contributed by atoms with Crippen molar-refractivity contribution in [3.63, 3.8) is 0 Å². The Balaban J connectivity index is 1.55. The molecule has 1 N–H and O–H groups in total. The van der Waals surface area contributed by atoms with Gasteiger partial charge in [0.1, 0.15) is 0 Å². The van der Waals surface area contributed by atoms with Crippen molar-refractivity contribution in [2.45, 2.75) is 75.8 Å². The van der Waals surface area contributed by atoms with Gasteiger partial charge in [0, 0.05) is 18.0 Å². The summed E-state index contributed by atoms with van der Waals surface area (Å²) in [6, 6.07) is 0.163. The van der Waals surface area contributed by atoms with Crippen LogP contribution in [-0.4, -0.2) is 34.8 Å². The summed E-state index contributed by atoms with van der Waals surface area (Å²) in [5.74, 6) is 0.277. The Morgan fingerprint density at radius 3 is 2.45 bits per heavy atom. The van der Waals surface area contributed by atoms with Crippen LogP contribution in [0.1, 0.15) is 64.2 Å². The van der Waals surface area contributed by atoms with E-state index < -0.39 is 0 Å². The lowest BCUT2D eigenvalue weighted by atomic mass is 9.70. The maximum atomic E-state index is 12.8. The van der Waals surface area contributed by atoms with Crippen molar-refractivity contribution >= 4 is 11.8 Å². The monoisotopic (exact) mass is 276 g/mol. The van der Waals surface area contributed by atoms with Crippen molar-refractivity contribution in [3.8, 4) is 0 Å². The van der Waals surface area contributed by atoms with Crippen LogP contribution in [0.4, 0.5) is 0 Å². The van der Waals surface area contributed by atoms with Crippen molar-refractivity contribution in [2.75, 3.05) is 6.54 Å². The van der Waals surface area contributed by atoms with E-state index >= 15 is 0 Å². The lowest BCUT2D eigenvalue weighted by molar-refractivity contribution is -0.145. The van der Waals surface area contributed by atoms with Crippen LogP contribution in [0.15, 0.2) is 0 Å². The molecule has 2 spiro atoms. The molecular weight excluding hydrogens is 252 g/mol. The third-order valence-corrected chi connectivity index (χ3v) is 6.27. The quantitative estimate of drug-likeness (QED) is 0.745. The SMILES string of the molecule is O=C1CC2(CCCC2)C(=O)N1C1CCNC2(CCC2)C1. The Labute approximate surface area is 120 Å². The molecule has 2 saturated carbocycles. The molecule has 4 nitrogen and oxygen atoms in total. The second-order valence-corrected chi connectivity index (χ2v) is 7.44. The van der Waals surface area contributed by atoms with Gasteiger partial charge in [-0.3, -0.25) is 14.5 Å². The molecule has 0 radical (unpaired) electrons. The van der Waals surface area contributed by atoms with Crippen LogP contribution in [0.5, 0.6) is 0 Å². The van der Waals surface area contributed by atoms with Crippen LogP contribution < -0.4 is 5.32 Å². The first-order valence-corrected chi connectivity index (χ1v) is 8.26. The van der Waals surface area contributed by atoms with Gasteiger partial charge in [-0.1, -0.05) is 12.8 Å². The number of likely N-dealkylation sites (tertiary alicyclic amines) is 1. The standard InChI is InChI=1S/C16H24N2O2/c19-13-11-15(5-1-2-6-15)14(20)18(13)12-4-9-17-16(10-12)7-3-8-16/h12,17H,1-11H2. The highest BCUT2D eigenvalue weighted by Gasteiger charge is 2.55. The molecule has 2 amide bonds. The van der Waals surface area contributed by atoms with Gasteiger partial charge in [0.25, 0.3) is 0 Å². The summed E-state index contributed by atoms with van der Waals surface area (Å²) in [6.45, 7) is 0.953. The third kappa shape index (κ3) is 1.70. The number of nitrogens with one attached hydrogen (secondary N) is 1. The molecule has 4 aliphatic rings. The molecule has 1 atom stereocenters. The summed E-state index contributed by atoms with van der Waals surface area (Å²) in [6.07, 6.45) is 10.2. The zero-order chi connectivity index (χ0) is 13.8. The number of rotatable bonds is 1. The molecule has 2 heterocycles. The second kappa shape index (κ2) is 4.30. The topological polar surface area (TPSA) is 49.4 Å². The fourth-order valence-electron chi connectivity index (χ4n) is 4.96. The zero-order valence-electron chi connectivity index (χ0n) is 12.1. The van der Waals surface area contributed by atoms with Crippen LogP contribution in [-0.2, 0) is 9.59 Å². The van der Waals surface area contributed by atoms with Gasteiger partial charge >= 0.3 is 0 Å².